The summed E-state index contributed by atoms with van der Waals surface area (Å²) in [5, 5.41) is 11.5. The maximum Gasteiger partial charge on any atom is 0.309 e. The van der Waals surface area contributed by atoms with Gasteiger partial charge in [-0.1, -0.05) is 23.9 Å². The van der Waals surface area contributed by atoms with Gasteiger partial charge in [0.25, 0.3) is 0 Å². The molecule has 1 rings (SSSR count). The molecule has 1 aromatic rings. The molecule has 0 heterocycles. The average molecular weight is 263 g/mol. The first-order valence-electron chi connectivity index (χ1n) is 5.13. The van der Waals surface area contributed by atoms with Crippen LogP contribution in [0.4, 0.5) is 5.69 Å². The SMILES string of the molecule is COC(=O)Cc1ccc(N=C(NC#N)SC)cc1. The van der Waals surface area contributed by atoms with Gasteiger partial charge in [0.2, 0.25) is 0 Å². The number of nitrogens with zero attached hydrogens (tertiary/aromatic N) is 2. The highest BCUT2D eigenvalue weighted by Crippen LogP contribution is 2.15. The summed E-state index contributed by atoms with van der Waals surface area (Å²) in [7, 11) is 1.36. The molecule has 0 amide bonds. The molecule has 0 aliphatic heterocycles. The third kappa shape index (κ3) is 4.47. The maximum atomic E-state index is 11.1. The van der Waals surface area contributed by atoms with Crippen LogP contribution in [0, 0.1) is 11.5 Å². The molecule has 0 aliphatic rings. The second-order valence-electron chi connectivity index (χ2n) is 3.28. The Bertz CT molecular complexity index is 477. The number of rotatable bonds is 3. The van der Waals surface area contributed by atoms with Crippen LogP contribution < -0.4 is 5.32 Å². The van der Waals surface area contributed by atoms with Crippen molar-refractivity contribution in [1.29, 1.82) is 5.26 Å². The van der Waals surface area contributed by atoms with Gasteiger partial charge in [0.05, 0.1) is 19.2 Å². The molecule has 0 aliphatic carbocycles. The fraction of sp³-hybridized carbons (Fsp3) is 0.250. The summed E-state index contributed by atoms with van der Waals surface area (Å²) in [4.78, 5) is 15.3. The van der Waals surface area contributed by atoms with E-state index >= 15 is 0 Å². The molecule has 0 aromatic heterocycles. The van der Waals surface area contributed by atoms with Crippen molar-refractivity contribution in [2.45, 2.75) is 6.42 Å². The minimum Gasteiger partial charge on any atom is -0.469 e. The van der Waals surface area contributed by atoms with E-state index in [9.17, 15) is 4.79 Å². The van der Waals surface area contributed by atoms with E-state index in [4.69, 9.17) is 5.26 Å². The molecule has 0 spiro atoms. The molecule has 0 saturated carbocycles. The zero-order valence-corrected chi connectivity index (χ0v) is 11.0. The first-order chi connectivity index (χ1) is 8.69. The van der Waals surface area contributed by atoms with Gasteiger partial charge in [-0.2, -0.15) is 5.26 Å². The second-order valence-corrected chi connectivity index (χ2v) is 4.07. The first kappa shape index (κ1) is 14.1. The van der Waals surface area contributed by atoms with Crippen LogP contribution in [0.1, 0.15) is 5.56 Å². The van der Waals surface area contributed by atoms with E-state index in [0.717, 1.165) is 11.3 Å². The van der Waals surface area contributed by atoms with Gasteiger partial charge in [-0.3, -0.25) is 10.1 Å². The van der Waals surface area contributed by atoms with Crippen LogP contribution in [0.3, 0.4) is 0 Å². The van der Waals surface area contributed by atoms with Gasteiger partial charge in [0.15, 0.2) is 11.4 Å². The quantitative estimate of drug-likeness (QED) is 0.296. The van der Waals surface area contributed by atoms with E-state index in [1.165, 1.54) is 18.9 Å². The van der Waals surface area contributed by atoms with E-state index in [0.29, 0.717) is 5.17 Å². The Kier molecular flexibility index (Phi) is 5.74. The lowest BCUT2D eigenvalue weighted by Gasteiger charge is -2.02. The van der Waals surface area contributed by atoms with E-state index in [1.54, 1.807) is 24.3 Å². The first-order valence-corrected chi connectivity index (χ1v) is 6.35. The summed E-state index contributed by atoms with van der Waals surface area (Å²) >= 11 is 1.35. The Morgan fingerprint density at radius 3 is 2.67 bits per heavy atom. The molecule has 0 atom stereocenters. The summed E-state index contributed by atoms with van der Waals surface area (Å²) in [6.45, 7) is 0. The number of esters is 1. The molecule has 18 heavy (non-hydrogen) atoms. The number of ether oxygens (including phenoxy) is 1. The van der Waals surface area contributed by atoms with Crippen LogP contribution in [0.15, 0.2) is 29.3 Å². The van der Waals surface area contributed by atoms with Crippen LogP contribution in [-0.2, 0) is 16.0 Å². The molecule has 0 saturated heterocycles. The lowest BCUT2D eigenvalue weighted by atomic mass is 10.1. The average Bonchev–Trinajstić information content (AvgIpc) is 2.40. The number of hydrogen-bond acceptors (Lipinski definition) is 5. The van der Waals surface area contributed by atoms with Gasteiger partial charge in [0, 0.05) is 0 Å². The predicted octanol–water partition coefficient (Wildman–Crippen LogP) is 1.82. The second kappa shape index (κ2) is 7.35. The van der Waals surface area contributed by atoms with E-state index in [2.05, 4.69) is 15.0 Å². The largest absolute Gasteiger partial charge is 0.469 e. The minimum absolute atomic E-state index is 0.242. The molecule has 0 fully saturated rings. The van der Waals surface area contributed by atoms with Crippen LogP contribution in [0.25, 0.3) is 0 Å². The number of carbonyl (C=O) groups is 1. The third-order valence-corrected chi connectivity index (χ3v) is 2.68. The molecule has 1 N–H and O–H groups in total. The van der Waals surface area contributed by atoms with Crippen molar-refractivity contribution in [2.75, 3.05) is 13.4 Å². The Labute approximate surface area is 110 Å². The zero-order valence-electron chi connectivity index (χ0n) is 10.1. The number of thioether (sulfide) groups is 1. The Balaban J connectivity index is 2.76. The number of aliphatic imine (C=N–C) groups is 1. The predicted molar refractivity (Wildman–Crippen MR) is 71.5 cm³/mol. The van der Waals surface area contributed by atoms with Crippen LogP contribution >= 0.6 is 11.8 Å². The van der Waals surface area contributed by atoms with Crippen molar-refractivity contribution in [2.24, 2.45) is 4.99 Å². The molecule has 6 heteroatoms. The maximum absolute atomic E-state index is 11.1. The summed E-state index contributed by atoms with van der Waals surface area (Å²) < 4.78 is 4.58. The summed E-state index contributed by atoms with van der Waals surface area (Å²) in [6.07, 6.45) is 3.89. The zero-order chi connectivity index (χ0) is 13.4. The summed E-state index contributed by atoms with van der Waals surface area (Å²) in [5.74, 6) is -0.276. The lowest BCUT2D eigenvalue weighted by molar-refractivity contribution is -0.139. The highest BCUT2D eigenvalue weighted by molar-refractivity contribution is 8.13. The number of hydrogen-bond donors (Lipinski definition) is 1. The van der Waals surface area contributed by atoms with Gasteiger partial charge >= 0.3 is 5.97 Å². The standard InChI is InChI=1S/C12H13N3O2S/c1-17-11(16)7-9-3-5-10(6-4-9)15-12(18-2)14-8-13/h3-6H,7H2,1-2H3,(H,14,15). The third-order valence-electron chi connectivity index (χ3n) is 2.10. The molecular weight excluding hydrogens is 250 g/mol. The van der Waals surface area contributed by atoms with Crippen LogP contribution in [0.5, 0.6) is 0 Å². The summed E-state index contributed by atoms with van der Waals surface area (Å²) in [5.41, 5.74) is 1.58. The fourth-order valence-electron chi connectivity index (χ4n) is 1.22. The van der Waals surface area contributed by atoms with Crippen LogP contribution in [0.2, 0.25) is 0 Å². The van der Waals surface area contributed by atoms with E-state index in [1.807, 2.05) is 12.4 Å². The number of benzene rings is 1. The topological polar surface area (TPSA) is 74.5 Å². The van der Waals surface area contributed by atoms with Crippen molar-refractivity contribution in [3.05, 3.63) is 29.8 Å². The molecule has 0 bridgehead atoms. The van der Waals surface area contributed by atoms with Gasteiger partial charge < -0.3 is 4.74 Å². The number of methoxy groups -OCH3 is 1. The molecule has 94 valence electrons. The van der Waals surface area contributed by atoms with Gasteiger partial charge in [-0.25, -0.2) is 4.99 Å². The molecular formula is C12H13N3O2S. The highest BCUT2D eigenvalue weighted by atomic mass is 32.2. The van der Waals surface area contributed by atoms with Gasteiger partial charge in [-0.15, -0.1) is 0 Å². The van der Waals surface area contributed by atoms with E-state index in [-0.39, 0.29) is 12.4 Å². The van der Waals surface area contributed by atoms with Crippen molar-refractivity contribution in [3.8, 4) is 6.19 Å². The number of nitriles is 1. The Morgan fingerprint density at radius 1 is 1.50 bits per heavy atom. The fourth-order valence-corrected chi connectivity index (χ4v) is 1.56. The number of carbonyl (C=O) groups excluding carboxylic acids is 1. The van der Waals surface area contributed by atoms with Gasteiger partial charge in [-0.05, 0) is 24.0 Å². The Morgan fingerprint density at radius 2 is 2.17 bits per heavy atom. The van der Waals surface area contributed by atoms with Crippen molar-refractivity contribution in [1.82, 2.24) is 5.32 Å². The smallest absolute Gasteiger partial charge is 0.309 e. The molecule has 0 unspecified atom stereocenters. The minimum atomic E-state index is -0.276. The molecule has 0 radical (unpaired) electrons. The Hall–Kier alpha value is -2.00. The lowest BCUT2D eigenvalue weighted by Crippen LogP contribution is -2.12. The van der Waals surface area contributed by atoms with Crippen molar-refractivity contribution in [3.63, 3.8) is 0 Å². The van der Waals surface area contributed by atoms with Crippen molar-refractivity contribution >= 4 is 28.6 Å². The normalized spacial score (nSPS) is 10.6. The van der Waals surface area contributed by atoms with Crippen molar-refractivity contribution < 1.29 is 9.53 Å². The van der Waals surface area contributed by atoms with Gasteiger partial charge in [0.1, 0.15) is 0 Å². The summed E-state index contributed by atoms with van der Waals surface area (Å²) in [6, 6.07) is 7.18. The highest BCUT2D eigenvalue weighted by Gasteiger charge is 2.02. The monoisotopic (exact) mass is 263 g/mol. The molecule has 1 aromatic carbocycles. The van der Waals surface area contributed by atoms with E-state index < -0.39 is 0 Å². The number of nitrogens with one attached hydrogen (secondary N) is 1. The number of amidine groups is 1. The van der Waals surface area contributed by atoms with Crippen LogP contribution in [-0.4, -0.2) is 24.5 Å². The molecule has 5 nitrogen and oxygen atoms in total.